The highest BCUT2D eigenvalue weighted by Crippen LogP contribution is 2.21. The Morgan fingerprint density at radius 2 is 2.04 bits per heavy atom. The van der Waals surface area contributed by atoms with Crippen molar-refractivity contribution in [3.63, 3.8) is 0 Å². The second-order valence-corrected chi connectivity index (χ2v) is 5.55. The van der Waals surface area contributed by atoms with Crippen LogP contribution in [0.25, 0.3) is 11.3 Å². The number of carbonyl (C=O) groups is 2. The molecule has 0 aromatic carbocycles. The average Bonchev–Trinajstić information content (AvgIpc) is 3.22. The number of aromatic amines is 1. The van der Waals surface area contributed by atoms with Crippen LogP contribution in [0.15, 0.2) is 17.2 Å². The Morgan fingerprint density at radius 1 is 1.30 bits per heavy atom. The van der Waals surface area contributed by atoms with E-state index in [1.807, 2.05) is 4.90 Å². The van der Waals surface area contributed by atoms with Gasteiger partial charge in [0.25, 0.3) is 5.56 Å². The van der Waals surface area contributed by atoms with Crippen LogP contribution < -0.4 is 5.56 Å². The second kappa shape index (κ2) is 6.23. The summed E-state index contributed by atoms with van der Waals surface area (Å²) in [6.45, 7) is 2.00. The van der Waals surface area contributed by atoms with Crippen LogP contribution in [0.3, 0.4) is 0 Å². The minimum atomic E-state index is -0.568. The Hall–Kier alpha value is -2.64. The fourth-order valence-electron chi connectivity index (χ4n) is 2.83. The van der Waals surface area contributed by atoms with Gasteiger partial charge < -0.3 is 14.2 Å². The summed E-state index contributed by atoms with van der Waals surface area (Å²) in [4.78, 5) is 37.6. The smallest absolute Gasteiger partial charge is 0.341 e. The number of H-pyrrole nitrogens is 1. The molecule has 0 aromatic rings. The quantitative estimate of drug-likeness (QED) is 0.827. The summed E-state index contributed by atoms with van der Waals surface area (Å²) in [5.41, 5.74) is 0.424. The van der Waals surface area contributed by atoms with E-state index < -0.39 is 5.97 Å². The maximum Gasteiger partial charge on any atom is 0.341 e. The van der Waals surface area contributed by atoms with Gasteiger partial charge in [0.05, 0.1) is 12.7 Å². The molecule has 1 saturated heterocycles. The second-order valence-electron chi connectivity index (χ2n) is 5.55. The summed E-state index contributed by atoms with van der Waals surface area (Å²) in [6.07, 6.45) is 5.58. The van der Waals surface area contributed by atoms with Crippen molar-refractivity contribution in [2.75, 3.05) is 20.2 Å². The molecule has 0 saturated carbocycles. The first-order chi connectivity index (χ1) is 11.1. The number of pyridine rings is 1. The average molecular weight is 318 g/mol. The lowest BCUT2D eigenvalue weighted by Gasteiger charge is -2.16. The molecule has 122 valence electrons. The third-order valence-electron chi connectivity index (χ3n) is 4.06. The van der Waals surface area contributed by atoms with Crippen molar-refractivity contribution in [2.24, 2.45) is 0 Å². The Balaban J connectivity index is 1.84. The molecular weight excluding hydrogens is 300 g/mol. The Labute approximate surface area is 132 Å². The van der Waals surface area contributed by atoms with E-state index in [4.69, 9.17) is 4.74 Å². The molecule has 0 bridgehead atoms. The van der Waals surface area contributed by atoms with E-state index in [9.17, 15) is 14.4 Å². The maximum absolute atomic E-state index is 12.1. The number of hydrogen-bond donors (Lipinski definition) is 1. The standard InChI is InChI=1S/C15H18N4O4/c1-23-15(22)11-9-18(8-10-13(11)16-17-14(10)21)7-4-12(20)19-5-2-3-6-19/h8-9H,2-7H2,1H3,(H,17,21). The predicted molar refractivity (Wildman–Crippen MR) is 81.2 cm³/mol. The molecule has 23 heavy (non-hydrogen) atoms. The molecular formula is C15H18N4O4. The number of nitrogens with one attached hydrogen (secondary N) is 1. The van der Waals surface area contributed by atoms with Gasteiger partial charge in [-0.15, -0.1) is 0 Å². The normalized spacial score (nSPS) is 14.4. The molecule has 1 N–H and O–H groups in total. The number of aromatic nitrogens is 3. The van der Waals surface area contributed by atoms with E-state index in [2.05, 4.69) is 10.2 Å². The highest BCUT2D eigenvalue weighted by molar-refractivity contribution is 5.95. The molecule has 0 atom stereocenters. The van der Waals surface area contributed by atoms with Gasteiger partial charge in [-0.1, -0.05) is 0 Å². The maximum atomic E-state index is 12.1. The van der Waals surface area contributed by atoms with Crippen LogP contribution in [0.5, 0.6) is 0 Å². The molecule has 1 fully saturated rings. The molecule has 3 heterocycles. The van der Waals surface area contributed by atoms with Crippen LogP contribution in [0.2, 0.25) is 0 Å². The molecule has 8 nitrogen and oxygen atoms in total. The Morgan fingerprint density at radius 3 is 2.74 bits per heavy atom. The highest BCUT2D eigenvalue weighted by Gasteiger charge is 2.22. The van der Waals surface area contributed by atoms with Gasteiger partial charge in [-0.2, -0.15) is 5.10 Å². The fourth-order valence-corrected chi connectivity index (χ4v) is 2.83. The zero-order valence-corrected chi connectivity index (χ0v) is 12.9. The number of methoxy groups -OCH3 is 1. The van der Waals surface area contributed by atoms with E-state index >= 15 is 0 Å². The molecule has 0 spiro atoms. The van der Waals surface area contributed by atoms with Crippen LogP contribution in [-0.4, -0.2) is 51.7 Å². The summed E-state index contributed by atoms with van der Waals surface area (Å²) in [7, 11) is 1.27. The number of carbonyl (C=O) groups excluding carboxylic acids is 2. The first kappa shape index (κ1) is 15.3. The summed E-state index contributed by atoms with van der Waals surface area (Å²) in [5.74, 6) is -0.481. The Bertz CT molecular complexity index is 757. The molecule has 3 aliphatic rings. The molecule has 0 unspecified atom stereocenters. The van der Waals surface area contributed by atoms with Crippen molar-refractivity contribution < 1.29 is 14.3 Å². The van der Waals surface area contributed by atoms with E-state index in [0.29, 0.717) is 18.5 Å². The van der Waals surface area contributed by atoms with Crippen LogP contribution in [0.1, 0.15) is 29.6 Å². The molecule has 0 aliphatic carbocycles. The number of hydrogen-bond acceptors (Lipinski definition) is 5. The first-order valence-electron chi connectivity index (χ1n) is 7.54. The lowest BCUT2D eigenvalue weighted by atomic mass is 10.1. The molecule has 8 heteroatoms. The van der Waals surface area contributed by atoms with Gasteiger partial charge in [0.15, 0.2) is 0 Å². The highest BCUT2D eigenvalue weighted by atomic mass is 16.5. The third-order valence-corrected chi connectivity index (χ3v) is 4.06. The molecule has 1 amide bonds. The zero-order valence-electron chi connectivity index (χ0n) is 12.9. The number of ether oxygens (including phenoxy) is 1. The molecule has 3 aliphatic heterocycles. The van der Waals surface area contributed by atoms with Crippen molar-refractivity contribution in [1.29, 1.82) is 0 Å². The monoisotopic (exact) mass is 318 g/mol. The minimum Gasteiger partial charge on any atom is -0.465 e. The molecule has 0 aromatic heterocycles. The number of likely N-dealkylation sites (tertiary alicyclic amines) is 1. The first-order valence-corrected chi connectivity index (χ1v) is 7.54. The van der Waals surface area contributed by atoms with Gasteiger partial charge in [-0.05, 0) is 12.8 Å². The third kappa shape index (κ3) is 2.96. The van der Waals surface area contributed by atoms with E-state index in [0.717, 1.165) is 25.9 Å². The topological polar surface area (TPSA) is 97.3 Å². The van der Waals surface area contributed by atoms with Crippen LogP contribution in [0, 0.1) is 0 Å². The van der Waals surface area contributed by atoms with Crippen LogP contribution in [0.4, 0.5) is 0 Å². The Kier molecular flexibility index (Phi) is 4.14. The van der Waals surface area contributed by atoms with Gasteiger partial charge in [-0.3, -0.25) is 9.59 Å². The van der Waals surface area contributed by atoms with Crippen molar-refractivity contribution in [2.45, 2.75) is 25.8 Å². The summed E-state index contributed by atoms with van der Waals surface area (Å²) in [5, 5.41) is 6.19. The van der Waals surface area contributed by atoms with Gasteiger partial charge in [-0.25, -0.2) is 9.89 Å². The number of aryl methyl sites for hydroxylation is 1. The van der Waals surface area contributed by atoms with Crippen molar-refractivity contribution in [3.8, 4) is 11.3 Å². The van der Waals surface area contributed by atoms with Gasteiger partial charge in [0.1, 0.15) is 11.3 Å². The van der Waals surface area contributed by atoms with Gasteiger partial charge in [0, 0.05) is 38.4 Å². The van der Waals surface area contributed by atoms with Gasteiger partial charge in [0.2, 0.25) is 5.91 Å². The van der Waals surface area contributed by atoms with Crippen molar-refractivity contribution >= 4 is 11.9 Å². The molecule has 3 rings (SSSR count). The lowest BCUT2D eigenvalue weighted by Crippen LogP contribution is -2.28. The molecule has 0 radical (unpaired) electrons. The zero-order chi connectivity index (χ0) is 16.4. The van der Waals surface area contributed by atoms with Crippen LogP contribution >= 0.6 is 0 Å². The van der Waals surface area contributed by atoms with Gasteiger partial charge >= 0.3 is 5.97 Å². The number of esters is 1. The summed E-state index contributed by atoms with van der Waals surface area (Å²) >= 11 is 0. The lowest BCUT2D eigenvalue weighted by molar-refractivity contribution is -0.130. The van der Waals surface area contributed by atoms with Crippen LogP contribution in [-0.2, 0) is 16.1 Å². The van der Waals surface area contributed by atoms with Crippen molar-refractivity contribution in [1.82, 2.24) is 19.7 Å². The fraction of sp³-hybridized carbons (Fsp3) is 0.467. The van der Waals surface area contributed by atoms with E-state index in [-0.39, 0.29) is 22.7 Å². The number of nitrogens with zero attached hydrogens (tertiary/aromatic N) is 3. The SMILES string of the molecule is COC(=O)c1cn(CCC(=O)N2CCCC2)cc2c(=O)[nH]nc1-2. The van der Waals surface area contributed by atoms with E-state index in [1.165, 1.54) is 7.11 Å². The predicted octanol–water partition coefficient (Wildman–Crippen LogP) is 0.475. The minimum absolute atomic E-state index is 0.0873. The number of fused-ring (bicyclic) bond motifs is 1. The summed E-state index contributed by atoms with van der Waals surface area (Å²) in [6, 6.07) is 0. The van der Waals surface area contributed by atoms with Crippen molar-refractivity contribution in [3.05, 3.63) is 28.3 Å². The summed E-state index contributed by atoms with van der Waals surface area (Å²) < 4.78 is 6.40. The largest absolute Gasteiger partial charge is 0.465 e. The van der Waals surface area contributed by atoms with E-state index in [1.54, 1.807) is 17.0 Å². The number of rotatable bonds is 4. The number of amides is 1.